The molecule has 0 bridgehead atoms. The summed E-state index contributed by atoms with van der Waals surface area (Å²) in [6, 6.07) is 0. The highest BCUT2D eigenvalue weighted by Crippen LogP contribution is 2.56. The van der Waals surface area contributed by atoms with E-state index in [1.807, 2.05) is 12.2 Å². The number of rotatable bonds is 1. The molecule has 0 heterocycles. The minimum atomic E-state index is -0.403. The number of hydrogen-bond donors (Lipinski definition) is 0. The SMILES string of the molecule is C=C1CC[C@H](OC(C)=O)C(C)(C)C12C=CC(=O)C=C2. The molecule has 2 aliphatic carbocycles. The van der Waals surface area contributed by atoms with Gasteiger partial charge in [-0.2, -0.15) is 0 Å². The van der Waals surface area contributed by atoms with Gasteiger partial charge in [0.1, 0.15) is 6.10 Å². The van der Waals surface area contributed by atoms with E-state index < -0.39 is 5.41 Å². The summed E-state index contributed by atoms with van der Waals surface area (Å²) in [6.07, 6.45) is 8.40. The summed E-state index contributed by atoms with van der Waals surface area (Å²) in [4.78, 5) is 22.6. The van der Waals surface area contributed by atoms with Gasteiger partial charge in [-0.3, -0.25) is 9.59 Å². The average molecular weight is 260 g/mol. The quantitative estimate of drug-likeness (QED) is 0.537. The van der Waals surface area contributed by atoms with Gasteiger partial charge >= 0.3 is 5.97 Å². The monoisotopic (exact) mass is 260 g/mol. The van der Waals surface area contributed by atoms with E-state index in [4.69, 9.17) is 4.74 Å². The number of carbonyl (C=O) groups excluding carboxylic acids is 2. The molecule has 2 aliphatic rings. The van der Waals surface area contributed by atoms with Crippen molar-refractivity contribution < 1.29 is 14.3 Å². The number of ether oxygens (including phenoxy) is 1. The van der Waals surface area contributed by atoms with Gasteiger partial charge in [-0.15, -0.1) is 0 Å². The highest BCUT2D eigenvalue weighted by Gasteiger charge is 2.53. The van der Waals surface area contributed by atoms with Gasteiger partial charge < -0.3 is 4.74 Å². The van der Waals surface area contributed by atoms with Crippen molar-refractivity contribution in [3.05, 3.63) is 36.5 Å². The lowest BCUT2D eigenvalue weighted by Crippen LogP contribution is -2.50. The Morgan fingerprint density at radius 2 is 1.95 bits per heavy atom. The molecule has 1 spiro atoms. The van der Waals surface area contributed by atoms with Crippen molar-refractivity contribution in [2.24, 2.45) is 10.8 Å². The molecule has 0 radical (unpaired) electrons. The number of allylic oxidation sites excluding steroid dienone is 5. The molecule has 19 heavy (non-hydrogen) atoms. The zero-order valence-electron chi connectivity index (χ0n) is 11.7. The van der Waals surface area contributed by atoms with E-state index in [1.165, 1.54) is 6.92 Å². The van der Waals surface area contributed by atoms with Crippen LogP contribution < -0.4 is 0 Å². The van der Waals surface area contributed by atoms with Crippen LogP contribution >= 0.6 is 0 Å². The molecular formula is C16H20O3. The van der Waals surface area contributed by atoms with Crippen LogP contribution in [0.15, 0.2) is 36.5 Å². The Balaban J connectivity index is 2.43. The molecule has 2 rings (SSSR count). The van der Waals surface area contributed by atoms with Crippen molar-refractivity contribution in [1.29, 1.82) is 0 Å². The lowest BCUT2D eigenvalue weighted by Gasteiger charge is -2.52. The Labute approximate surface area is 114 Å². The lowest BCUT2D eigenvalue weighted by molar-refractivity contribution is -0.158. The number of esters is 1. The zero-order valence-corrected chi connectivity index (χ0v) is 11.7. The molecule has 3 heteroatoms. The minimum Gasteiger partial charge on any atom is -0.462 e. The molecule has 1 saturated carbocycles. The van der Waals surface area contributed by atoms with Crippen molar-refractivity contribution in [1.82, 2.24) is 0 Å². The van der Waals surface area contributed by atoms with Crippen molar-refractivity contribution >= 4 is 11.8 Å². The Morgan fingerprint density at radius 1 is 1.37 bits per heavy atom. The van der Waals surface area contributed by atoms with Crippen molar-refractivity contribution in [2.45, 2.75) is 39.7 Å². The minimum absolute atomic E-state index is 0.0103. The Hall–Kier alpha value is -1.64. The summed E-state index contributed by atoms with van der Waals surface area (Å²) in [6.45, 7) is 9.73. The van der Waals surface area contributed by atoms with E-state index >= 15 is 0 Å². The van der Waals surface area contributed by atoms with Crippen LogP contribution in [0.2, 0.25) is 0 Å². The Kier molecular flexibility index (Phi) is 3.25. The maximum atomic E-state index is 11.4. The van der Waals surface area contributed by atoms with Gasteiger partial charge in [-0.1, -0.05) is 38.2 Å². The first-order valence-electron chi connectivity index (χ1n) is 6.57. The summed E-state index contributed by atoms with van der Waals surface area (Å²) in [5.41, 5.74) is 0.349. The Bertz CT molecular complexity index is 478. The van der Waals surface area contributed by atoms with Crippen LogP contribution in [0, 0.1) is 10.8 Å². The molecule has 1 atom stereocenters. The normalized spacial score (nSPS) is 27.6. The van der Waals surface area contributed by atoms with Gasteiger partial charge in [0, 0.05) is 17.8 Å². The van der Waals surface area contributed by atoms with Crippen LogP contribution in [0.4, 0.5) is 0 Å². The fourth-order valence-electron chi connectivity index (χ4n) is 3.21. The second-order valence-corrected chi connectivity index (χ2v) is 5.90. The van der Waals surface area contributed by atoms with Crippen LogP contribution in [0.1, 0.15) is 33.6 Å². The molecule has 102 valence electrons. The smallest absolute Gasteiger partial charge is 0.302 e. The van der Waals surface area contributed by atoms with Gasteiger partial charge in [0.25, 0.3) is 0 Å². The summed E-state index contributed by atoms with van der Waals surface area (Å²) < 4.78 is 5.48. The second-order valence-electron chi connectivity index (χ2n) is 5.90. The van der Waals surface area contributed by atoms with E-state index in [0.29, 0.717) is 0 Å². The average Bonchev–Trinajstić information content (AvgIpc) is 2.33. The van der Waals surface area contributed by atoms with Crippen LogP contribution in [-0.4, -0.2) is 17.9 Å². The maximum Gasteiger partial charge on any atom is 0.302 e. The molecule has 1 fully saturated rings. The number of carbonyl (C=O) groups is 2. The highest BCUT2D eigenvalue weighted by atomic mass is 16.5. The third-order valence-electron chi connectivity index (χ3n) is 4.49. The van der Waals surface area contributed by atoms with E-state index in [-0.39, 0.29) is 23.3 Å². The molecule has 3 nitrogen and oxygen atoms in total. The van der Waals surface area contributed by atoms with Gasteiger partial charge in [-0.05, 0) is 25.0 Å². The summed E-state index contributed by atoms with van der Waals surface area (Å²) in [7, 11) is 0. The van der Waals surface area contributed by atoms with Gasteiger partial charge in [-0.25, -0.2) is 0 Å². The van der Waals surface area contributed by atoms with Crippen LogP contribution in [0.3, 0.4) is 0 Å². The fraction of sp³-hybridized carbons (Fsp3) is 0.500. The van der Waals surface area contributed by atoms with E-state index in [2.05, 4.69) is 20.4 Å². The third-order valence-corrected chi connectivity index (χ3v) is 4.49. The predicted octanol–water partition coefficient (Wildman–Crippen LogP) is 2.98. The van der Waals surface area contributed by atoms with E-state index in [0.717, 1.165) is 18.4 Å². The number of hydrogen-bond acceptors (Lipinski definition) is 3. The zero-order chi connectivity index (χ0) is 14.3. The second kappa shape index (κ2) is 4.48. The van der Waals surface area contributed by atoms with E-state index in [9.17, 15) is 9.59 Å². The van der Waals surface area contributed by atoms with Gasteiger partial charge in [0.2, 0.25) is 0 Å². The van der Waals surface area contributed by atoms with Crippen molar-refractivity contribution in [3.8, 4) is 0 Å². The van der Waals surface area contributed by atoms with Crippen LogP contribution in [0.25, 0.3) is 0 Å². The molecule has 0 N–H and O–H groups in total. The highest BCUT2D eigenvalue weighted by molar-refractivity contribution is 6.00. The fourth-order valence-corrected chi connectivity index (χ4v) is 3.21. The summed E-state index contributed by atoms with van der Waals surface area (Å²) >= 11 is 0. The molecule has 0 saturated heterocycles. The lowest BCUT2D eigenvalue weighted by atomic mass is 9.53. The van der Waals surface area contributed by atoms with Crippen molar-refractivity contribution in [3.63, 3.8) is 0 Å². The first-order valence-corrected chi connectivity index (χ1v) is 6.57. The van der Waals surface area contributed by atoms with Crippen molar-refractivity contribution in [2.75, 3.05) is 0 Å². The molecular weight excluding hydrogens is 240 g/mol. The maximum absolute atomic E-state index is 11.4. The third kappa shape index (κ3) is 2.07. The van der Waals surface area contributed by atoms with Gasteiger partial charge in [0.05, 0.1) is 0 Å². The predicted molar refractivity (Wildman–Crippen MR) is 73.4 cm³/mol. The standard InChI is InChI=1S/C16H20O3/c1-11-5-6-14(19-12(2)17)15(3,4)16(11)9-7-13(18)8-10-16/h7-10,14H,1,5-6H2,2-4H3/t14-/m0/s1. The first kappa shape index (κ1) is 13.8. The molecule has 0 aromatic carbocycles. The van der Waals surface area contributed by atoms with Gasteiger partial charge in [0.15, 0.2) is 5.78 Å². The van der Waals surface area contributed by atoms with E-state index in [1.54, 1.807) is 12.2 Å². The van der Waals surface area contributed by atoms with Crippen LogP contribution in [0.5, 0.6) is 0 Å². The Morgan fingerprint density at radius 3 is 2.47 bits per heavy atom. The molecule has 0 aromatic rings. The number of ketones is 1. The first-order chi connectivity index (χ1) is 8.79. The van der Waals surface area contributed by atoms with Crippen LogP contribution in [-0.2, 0) is 14.3 Å². The molecule has 0 aliphatic heterocycles. The molecule has 0 amide bonds. The molecule has 0 aromatic heterocycles. The summed E-state index contributed by atoms with van der Waals surface area (Å²) in [5, 5.41) is 0. The molecule has 0 unspecified atom stereocenters. The summed E-state index contributed by atoms with van der Waals surface area (Å²) in [5.74, 6) is -0.274. The largest absolute Gasteiger partial charge is 0.462 e. The topological polar surface area (TPSA) is 43.4 Å².